The van der Waals surface area contributed by atoms with Gasteiger partial charge in [0.05, 0.1) is 6.07 Å². The van der Waals surface area contributed by atoms with Gasteiger partial charge < -0.3 is 10.1 Å². The fourth-order valence-corrected chi connectivity index (χ4v) is 2.11. The van der Waals surface area contributed by atoms with Crippen molar-refractivity contribution in [2.45, 2.75) is 12.6 Å². The SMILES string of the molecule is N#CC(NC(=O)OCc1ccccc1)c1c(F)cccc1Cl. The van der Waals surface area contributed by atoms with E-state index in [1.165, 1.54) is 18.2 Å². The number of nitriles is 1. The van der Waals surface area contributed by atoms with E-state index in [2.05, 4.69) is 5.32 Å². The van der Waals surface area contributed by atoms with E-state index in [1.54, 1.807) is 18.2 Å². The van der Waals surface area contributed by atoms with E-state index in [0.717, 1.165) is 5.56 Å². The van der Waals surface area contributed by atoms with Crippen LogP contribution in [0.25, 0.3) is 0 Å². The summed E-state index contributed by atoms with van der Waals surface area (Å²) >= 11 is 5.88. The van der Waals surface area contributed by atoms with Gasteiger partial charge in [-0.05, 0) is 17.7 Å². The Bertz CT molecular complexity index is 681. The smallest absolute Gasteiger partial charge is 0.408 e. The lowest BCUT2D eigenvalue weighted by molar-refractivity contribution is 0.137. The van der Waals surface area contributed by atoms with Crippen molar-refractivity contribution in [3.8, 4) is 6.07 Å². The molecular formula is C16H12ClFN2O2. The molecule has 1 N–H and O–H groups in total. The molecule has 0 bridgehead atoms. The predicted octanol–water partition coefficient (Wildman–Crippen LogP) is 3.97. The summed E-state index contributed by atoms with van der Waals surface area (Å²) in [7, 11) is 0. The Morgan fingerprint density at radius 3 is 2.64 bits per heavy atom. The van der Waals surface area contributed by atoms with Gasteiger partial charge in [0.2, 0.25) is 0 Å². The highest BCUT2D eigenvalue weighted by Gasteiger charge is 2.21. The van der Waals surface area contributed by atoms with Crippen molar-refractivity contribution in [3.05, 3.63) is 70.5 Å². The first-order valence-electron chi connectivity index (χ1n) is 6.42. The third kappa shape index (κ3) is 3.96. The van der Waals surface area contributed by atoms with Gasteiger partial charge in [-0.1, -0.05) is 48.0 Å². The topological polar surface area (TPSA) is 62.1 Å². The highest BCUT2D eigenvalue weighted by Crippen LogP contribution is 2.25. The molecule has 4 nitrogen and oxygen atoms in total. The summed E-state index contributed by atoms with van der Waals surface area (Å²) < 4.78 is 18.8. The van der Waals surface area contributed by atoms with Crippen LogP contribution in [-0.4, -0.2) is 6.09 Å². The van der Waals surface area contributed by atoms with Crippen molar-refractivity contribution in [2.24, 2.45) is 0 Å². The molecule has 2 rings (SSSR count). The van der Waals surface area contributed by atoms with E-state index >= 15 is 0 Å². The van der Waals surface area contributed by atoms with Gasteiger partial charge in [-0.2, -0.15) is 5.26 Å². The number of carbonyl (C=O) groups is 1. The number of nitrogens with zero attached hydrogens (tertiary/aromatic N) is 1. The molecule has 0 saturated heterocycles. The number of carbonyl (C=O) groups excluding carboxylic acids is 1. The van der Waals surface area contributed by atoms with Crippen LogP contribution in [0, 0.1) is 17.1 Å². The normalized spacial score (nSPS) is 11.3. The third-order valence-electron chi connectivity index (χ3n) is 2.89. The monoisotopic (exact) mass is 318 g/mol. The molecule has 1 unspecified atom stereocenters. The Labute approximate surface area is 132 Å². The molecule has 2 aromatic carbocycles. The first kappa shape index (κ1) is 15.8. The zero-order chi connectivity index (χ0) is 15.9. The standard InChI is InChI=1S/C16H12ClFN2O2/c17-12-7-4-8-13(18)15(12)14(9-19)20-16(21)22-10-11-5-2-1-3-6-11/h1-8,14H,10H2,(H,20,21). The molecule has 0 radical (unpaired) electrons. The zero-order valence-corrected chi connectivity index (χ0v) is 12.2. The molecule has 6 heteroatoms. The number of hydrogen-bond donors (Lipinski definition) is 1. The van der Waals surface area contributed by atoms with E-state index in [-0.39, 0.29) is 17.2 Å². The Morgan fingerprint density at radius 1 is 1.27 bits per heavy atom. The van der Waals surface area contributed by atoms with Crippen molar-refractivity contribution < 1.29 is 13.9 Å². The zero-order valence-electron chi connectivity index (χ0n) is 11.4. The first-order chi connectivity index (χ1) is 10.6. The van der Waals surface area contributed by atoms with E-state index in [1.807, 2.05) is 18.2 Å². The maximum absolute atomic E-state index is 13.8. The Kier molecular flexibility index (Phi) is 5.34. The van der Waals surface area contributed by atoms with E-state index in [4.69, 9.17) is 21.6 Å². The fourth-order valence-electron chi connectivity index (χ4n) is 1.84. The van der Waals surface area contributed by atoms with E-state index < -0.39 is 18.0 Å². The summed E-state index contributed by atoms with van der Waals surface area (Å²) in [6.07, 6.45) is -0.824. The summed E-state index contributed by atoms with van der Waals surface area (Å²) in [4.78, 5) is 11.7. The molecule has 112 valence electrons. The quantitative estimate of drug-likeness (QED) is 0.927. The molecule has 2 aromatic rings. The van der Waals surface area contributed by atoms with E-state index in [0.29, 0.717) is 0 Å². The lowest BCUT2D eigenvalue weighted by Crippen LogP contribution is -2.29. The first-order valence-corrected chi connectivity index (χ1v) is 6.80. The average Bonchev–Trinajstić information content (AvgIpc) is 2.52. The number of hydrogen-bond acceptors (Lipinski definition) is 3. The summed E-state index contributed by atoms with van der Waals surface area (Å²) in [5, 5.41) is 11.5. The molecule has 1 amide bonds. The maximum atomic E-state index is 13.8. The Morgan fingerprint density at radius 2 is 2.00 bits per heavy atom. The summed E-state index contributed by atoms with van der Waals surface area (Å²) in [6, 6.07) is 13.7. The molecule has 0 heterocycles. The van der Waals surface area contributed by atoms with Crippen LogP contribution in [0.4, 0.5) is 9.18 Å². The second-order valence-electron chi connectivity index (χ2n) is 4.40. The number of rotatable bonds is 4. The maximum Gasteiger partial charge on any atom is 0.408 e. The highest BCUT2D eigenvalue weighted by molar-refractivity contribution is 6.31. The molecule has 1 atom stereocenters. The number of ether oxygens (including phenoxy) is 1. The third-order valence-corrected chi connectivity index (χ3v) is 3.22. The lowest BCUT2D eigenvalue weighted by atomic mass is 10.1. The molecule has 0 spiro atoms. The van der Waals surface area contributed by atoms with Crippen LogP contribution in [0.3, 0.4) is 0 Å². The van der Waals surface area contributed by atoms with Crippen molar-refractivity contribution in [3.63, 3.8) is 0 Å². The van der Waals surface area contributed by atoms with Gasteiger partial charge >= 0.3 is 6.09 Å². The minimum atomic E-state index is -1.23. The molecule has 0 aliphatic heterocycles. The molecule has 0 fully saturated rings. The van der Waals surface area contributed by atoms with Gasteiger partial charge in [-0.15, -0.1) is 0 Å². The van der Waals surface area contributed by atoms with Gasteiger partial charge in [-0.25, -0.2) is 9.18 Å². The van der Waals surface area contributed by atoms with Crippen molar-refractivity contribution in [1.29, 1.82) is 5.26 Å². The largest absolute Gasteiger partial charge is 0.445 e. The van der Waals surface area contributed by atoms with Gasteiger partial charge in [-0.3, -0.25) is 0 Å². The van der Waals surface area contributed by atoms with Gasteiger partial charge in [0.1, 0.15) is 18.5 Å². The summed E-state index contributed by atoms with van der Waals surface area (Å²) in [5.41, 5.74) is 0.721. The summed E-state index contributed by atoms with van der Waals surface area (Å²) in [5.74, 6) is -0.664. The van der Waals surface area contributed by atoms with Crippen LogP contribution in [0.2, 0.25) is 5.02 Å². The molecule has 0 aliphatic rings. The molecule has 0 saturated carbocycles. The van der Waals surface area contributed by atoms with Crippen LogP contribution in [0.5, 0.6) is 0 Å². The van der Waals surface area contributed by atoms with Crippen molar-refractivity contribution >= 4 is 17.7 Å². The van der Waals surface area contributed by atoms with Gasteiger partial charge in [0, 0.05) is 10.6 Å². The van der Waals surface area contributed by atoms with Crippen molar-refractivity contribution in [2.75, 3.05) is 0 Å². The molecule has 0 aliphatic carbocycles. The number of alkyl carbamates (subject to hydrolysis) is 1. The predicted molar refractivity (Wildman–Crippen MR) is 79.5 cm³/mol. The van der Waals surface area contributed by atoms with Crippen LogP contribution < -0.4 is 5.32 Å². The molecular weight excluding hydrogens is 307 g/mol. The molecule has 0 aromatic heterocycles. The fraction of sp³-hybridized carbons (Fsp3) is 0.125. The number of nitrogens with one attached hydrogen (secondary N) is 1. The van der Waals surface area contributed by atoms with Crippen molar-refractivity contribution in [1.82, 2.24) is 5.32 Å². The van der Waals surface area contributed by atoms with Crippen LogP contribution in [0.15, 0.2) is 48.5 Å². The number of amides is 1. The van der Waals surface area contributed by atoms with Crippen LogP contribution in [-0.2, 0) is 11.3 Å². The molecule has 22 heavy (non-hydrogen) atoms. The summed E-state index contributed by atoms with van der Waals surface area (Å²) in [6.45, 7) is 0.0514. The highest BCUT2D eigenvalue weighted by atomic mass is 35.5. The second-order valence-corrected chi connectivity index (χ2v) is 4.81. The minimum absolute atomic E-state index is 0.0514. The van der Waals surface area contributed by atoms with Crippen LogP contribution >= 0.6 is 11.6 Å². The van der Waals surface area contributed by atoms with Gasteiger partial charge in [0.25, 0.3) is 0 Å². The van der Waals surface area contributed by atoms with E-state index in [9.17, 15) is 9.18 Å². The minimum Gasteiger partial charge on any atom is -0.445 e. The lowest BCUT2D eigenvalue weighted by Gasteiger charge is -2.14. The second kappa shape index (κ2) is 7.43. The van der Waals surface area contributed by atoms with Gasteiger partial charge in [0.15, 0.2) is 0 Å². The Hall–Kier alpha value is -2.58. The van der Waals surface area contributed by atoms with Crippen LogP contribution in [0.1, 0.15) is 17.2 Å². The number of halogens is 2. The number of benzene rings is 2. The average molecular weight is 319 g/mol. The Balaban J connectivity index is 2.01.